The number of ketones is 1. The Bertz CT molecular complexity index is 854. The Balaban J connectivity index is 2.24. The van der Waals surface area contributed by atoms with Crippen LogP contribution in [0.3, 0.4) is 0 Å². The number of carboxylic acids is 1. The summed E-state index contributed by atoms with van der Waals surface area (Å²) in [4.78, 5) is 23.0. The van der Waals surface area contributed by atoms with Gasteiger partial charge in [-0.05, 0) is 42.0 Å². The van der Waals surface area contributed by atoms with Crippen LogP contribution in [-0.4, -0.2) is 18.9 Å². The SMILES string of the molecule is COc1ccc(C(=O)/C=C/c2cccc(C(F)(F)F)c2)cc1CC(=O)[O-]. The van der Waals surface area contributed by atoms with E-state index in [0.29, 0.717) is 5.75 Å². The monoisotopic (exact) mass is 363 g/mol. The van der Waals surface area contributed by atoms with Crippen LogP contribution in [0.4, 0.5) is 13.2 Å². The van der Waals surface area contributed by atoms with Crippen molar-refractivity contribution in [3.05, 3.63) is 70.8 Å². The Hall–Kier alpha value is -3.09. The van der Waals surface area contributed by atoms with Crippen LogP contribution in [0.1, 0.15) is 27.0 Å². The summed E-state index contributed by atoms with van der Waals surface area (Å²) in [5, 5.41) is 10.8. The van der Waals surface area contributed by atoms with Crippen LogP contribution in [0.5, 0.6) is 5.75 Å². The van der Waals surface area contributed by atoms with Crippen LogP contribution in [0.25, 0.3) is 6.08 Å². The van der Waals surface area contributed by atoms with Crippen molar-refractivity contribution in [3.8, 4) is 5.75 Å². The van der Waals surface area contributed by atoms with E-state index in [9.17, 15) is 27.9 Å². The maximum Gasteiger partial charge on any atom is 0.416 e. The van der Waals surface area contributed by atoms with Gasteiger partial charge < -0.3 is 14.6 Å². The molecule has 0 spiro atoms. The molecule has 0 saturated heterocycles. The van der Waals surface area contributed by atoms with Crippen molar-refractivity contribution < 1.29 is 32.6 Å². The van der Waals surface area contributed by atoms with Crippen LogP contribution in [0.2, 0.25) is 0 Å². The van der Waals surface area contributed by atoms with Gasteiger partial charge in [-0.3, -0.25) is 4.79 Å². The van der Waals surface area contributed by atoms with E-state index in [1.807, 2.05) is 0 Å². The van der Waals surface area contributed by atoms with Crippen molar-refractivity contribution in [3.63, 3.8) is 0 Å². The first kappa shape index (κ1) is 19.2. The van der Waals surface area contributed by atoms with Gasteiger partial charge in [-0.15, -0.1) is 0 Å². The average molecular weight is 363 g/mol. The summed E-state index contributed by atoms with van der Waals surface area (Å²) in [6, 6.07) is 8.80. The van der Waals surface area contributed by atoms with Crippen molar-refractivity contribution in [2.24, 2.45) is 0 Å². The Morgan fingerprint density at radius 1 is 1.15 bits per heavy atom. The zero-order valence-electron chi connectivity index (χ0n) is 13.7. The molecule has 26 heavy (non-hydrogen) atoms. The summed E-state index contributed by atoms with van der Waals surface area (Å²) >= 11 is 0. The van der Waals surface area contributed by atoms with Gasteiger partial charge in [0.2, 0.25) is 0 Å². The van der Waals surface area contributed by atoms with Crippen LogP contribution in [0, 0.1) is 0 Å². The van der Waals surface area contributed by atoms with E-state index in [1.54, 1.807) is 0 Å². The molecule has 0 aromatic heterocycles. The van der Waals surface area contributed by atoms with E-state index in [2.05, 4.69) is 0 Å². The maximum absolute atomic E-state index is 12.7. The predicted molar refractivity (Wildman–Crippen MR) is 86.5 cm³/mol. The number of hydrogen-bond donors (Lipinski definition) is 0. The quantitative estimate of drug-likeness (QED) is 0.585. The number of allylic oxidation sites excluding steroid dienone is 1. The second-order valence-corrected chi connectivity index (χ2v) is 5.40. The lowest BCUT2D eigenvalue weighted by Crippen LogP contribution is -2.24. The van der Waals surface area contributed by atoms with E-state index < -0.39 is 29.9 Å². The van der Waals surface area contributed by atoms with E-state index in [0.717, 1.165) is 18.2 Å². The fourth-order valence-electron chi connectivity index (χ4n) is 2.31. The van der Waals surface area contributed by atoms with Gasteiger partial charge >= 0.3 is 6.18 Å². The van der Waals surface area contributed by atoms with Gasteiger partial charge in [0.15, 0.2) is 5.78 Å². The second kappa shape index (κ2) is 7.86. The summed E-state index contributed by atoms with van der Waals surface area (Å²) in [7, 11) is 1.36. The number of ether oxygens (including phenoxy) is 1. The highest BCUT2D eigenvalue weighted by atomic mass is 19.4. The first-order valence-corrected chi connectivity index (χ1v) is 7.47. The molecule has 0 fully saturated rings. The van der Waals surface area contributed by atoms with Gasteiger partial charge in [0.05, 0.1) is 12.7 Å². The molecule has 0 saturated carbocycles. The number of aliphatic carboxylic acids is 1. The van der Waals surface area contributed by atoms with E-state index in [1.165, 1.54) is 43.5 Å². The molecule has 0 aliphatic rings. The molecule has 0 unspecified atom stereocenters. The van der Waals surface area contributed by atoms with Crippen molar-refractivity contribution in [2.75, 3.05) is 7.11 Å². The molecule has 0 aliphatic carbocycles. The molecule has 2 rings (SSSR count). The van der Waals surface area contributed by atoms with Gasteiger partial charge in [-0.25, -0.2) is 0 Å². The fourth-order valence-corrected chi connectivity index (χ4v) is 2.31. The molecule has 0 amide bonds. The van der Waals surface area contributed by atoms with Crippen LogP contribution < -0.4 is 9.84 Å². The first-order chi connectivity index (χ1) is 12.2. The number of hydrogen-bond acceptors (Lipinski definition) is 4. The van der Waals surface area contributed by atoms with Crippen molar-refractivity contribution in [1.82, 2.24) is 0 Å². The van der Waals surface area contributed by atoms with Gasteiger partial charge in [-0.2, -0.15) is 13.2 Å². The van der Waals surface area contributed by atoms with Gasteiger partial charge in [0, 0.05) is 23.5 Å². The van der Waals surface area contributed by atoms with Crippen molar-refractivity contribution >= 4 is 17.8 Å². The molecule has 0 N–H and O–H groups in total. The summed E-state index contributed by atoms with van der Waals surface area (Å²) < 4.78 is 43.1. The average Bonchev–Trinajstić information content (AvgIpc) is 2.58. The minimum absolute atomic E-state index is 0.185. The molecule has 4 nitrogen and oxygen atoms in total. The maximum atomic E-state index is 12.7. The highest BCUT2D eigenvalue weighted by Gasteiger charge is 2.30. The Kier molecular flexibility index (Phi) is 5.82. The van der Waals surface area contributed by atoms with Gasteiger partial charge in [-0.1, -0.05) is 18.2 Å². The molecule has 0 heterocycles. The number of benzene rings is 2. The third-order valence-corrected chi connectivity index (χ3v) is 3.54. The topological polar surface area (TPSA) is 66.4 Å². The molecule has 0 radical (unpaired) electrons. The van der Waals surface area contributed by atoms with E-state index in [-0.39, 0.29) is 16.7 Å². The number of halogens is 3. The summed E-state index contributed by atoms with van der Waals surface area (Å²) in [5.41, 5.74) is -0.138. The van der Waals surface area contributed by atoms with Gasteiger partial charge in [0.25, 0.3) is 0 Å². The van der Waals surface area contributed by atoms with Crippen molar-refractivity contribution in [1.29, 1.82) is 0 Å². The number of carbonyl (C=O) groups is 2. The summed E-state index contributed by atoms with van der Waals surface area (Å²) in [6.07, 6.45) is -2.51. The fraction of sp³-hybridized carbons (Fsp3) is 0.158. The molecule has 136 valence electrons. The second-order valence-electron chi connectivity index (χ2n) is 5.40. The normalized spacial score (nSPS) is 11.5. The Morgan fingerprint density at radius 2 is 1.88 bits per heavy atom. The van der Waals surface area contributed by atoms with Crippen molar-refractivity contribution in [2.45, 2.75) is 12.6 Å². The Morgan fingerprint density at radius 3 is 2.50 bits per heavy atom. The van der Waals surface area contributed by atoms with E-state index >= 15 is 0 Å². The molecular formula is C19H14F3O4-. The zero-order chi connectivity index (χ0) is 19.3. The summed E-state index contributed by atoms with van der Waals surface area (Å²) in [6.45, 7) is 0. The largest absolute Gasteiger partial charge is 0.550 e. The third-order valence-electron chi connectivity index (χ3n) is 3.54. The molecule has 7 heteroatoms. The number of carbonyl (C=O) groups excluding carboxylic acids is 2. The lowest BCUT2D eigenvalue weighted by atomic mass is 10.0. The third kappa shape index (κ3) is 4.95. The molecule has 2 aromatic rings. The first-order valence-electron chi connectivity index (χ1n) is 7.47. The number of carboxylic acid groups (broad SMARTS) is 1. The number of rotatable bonds is 6. The molecule has 2 aromatic carbocycles. The predicted octanol–water partition coefficient (Wildman–Crippen LogP) is 2.90. The molecule has 0 atom stereocenters. The minimum atomic E-state index is -4.47. The number of alkyl halides is 3. The molecule has 0 bridgehead atoms. The van der Waals surface area contributed by atoms with Crippen LogP contribution >= 0.6 is 0 Å². The van der Waals surface area contributed by atoms with E-state index in [4.69, 9.17) is 4.74 Å². The smallest absolute Gasteiger partial charge is 0.416 e. The van der Waals surface area contributed by atoms with Crippen LogP contribution in [0.15, 0.2) is 48.5 Å². The standard InChI is InChI=1S/C19H15F3O4/c1-26-17-8-6-13(10-14(17)11-18(24)25)16(23)7-5-12-3-2-4-15(9-12)19(20,21)22/h2-10H,11H2,1H3,(H,24,25)/p-1/b7-5+. The van der Waals surface area contributed by atoms with Gasteiger partial charge in [0.1, 0.15) is 5.75 Å². The highest BCUT2D eigenvalue weighted by molar-refractivity contribution is 6.07. The minimum Gasteiger partial charge on any atom is -0.550 e. The number of methoxy groups -OCH3 is 1. The lowest BCUT2D eigenvalue weighted by molar-refractivity contribution is -0.304. The Labute approximate surface area is 147 Å². The highest BCUT2D eigenvalue weighted by Crippen LogP contribution is 2.29. The summed E-state index contributed by atoms with van der Waals surface area (Å²) in [5.74, 6) is -1.51. The lowest BCUT2D eigenvalue weighted by Gasteiger charge is -2.10. The zero-order valence-corrected chi connectivity index (χ0v) is 13.7. The van der Waals surface area contributed by atoms with Crippen LogP contribution in [-0.2, 0) is 17.4 Å². The molecular weight excluding hydrogens is 349 g/mol. The molecule has 0 aliphatic heterocycles.